The van der Waals surface area contributed by atoms with Crippen molar-refractivity contribution in [2.24, 2.45) is 13.0 Å². The molecule has 1 amide bonds. The molecule has 102 valence electrons. The Balaban J connectivity index is 2.23. The predicted octanol–water partition coefficient (Wildman–Crippen LogP) is 3.09. The second kappa shape index (κ2) is 5.43. The van der Waals surface area contributed by atoms with Gasteiger partial charge < -0.3 is 9.88 Å². The van der Waals surface area contributed by atoms with Crippen molar-refractivity contribution in [3.63, 3.8) is 0 Å². The fraction of sp³-hybridized carbons (Fsp3) is 0.400. The molecular formula is C15H19FN2O. The van der Waals surface area contributed by atoms with E-state index < -0.39 is 0 Å². The highest BCUT2D eigenvalue weighted by molar-refractivity contribution is 5.98. The number of hydrogen-bond donors (Lipinski definition) is 1. The molecule has 3 nitrogen and oxygen atoms in total. The molecule has 0 aliphatic rings. The van der Waals surface area contributed by atoms with E-state index in [1.54, 1.807) is 23.7 Å². The van der Waals surface area contributed by atoms with Crippen LogP contribution in [-0.4, -0.2) is 17.0 Å². The molecular weight excluding hydrogens is 243 g/mol. The van der Waals surface area contributed by atoms with Gasteiger partial charge in [-0.15, -0.1) is 0 Å². The van der Waals surface area contributed by atoms with Crippen LogP contribution in [-0.2, 0) is 7.05 Å². The van der Waals surface area contributed by atoms with Crippen LogP contribution in [0.25, 0.3) is 10.9 Å². The Morgan fingerprint density at radius 3 is 2.79 bits per heavy atom. The summed E-state index contributed by atoms with van der Waals surface area (Å²) in [5.74, 6) is 0.0957. The average Bonchev–Trinajstić information content (AvgIpc) is 2.68. The highest BCUT2D eigenvalue weighted by Gasteiger charge is 2.14. The lowest BCUT2D eigenvalue weighted by Crippen LogP contribution is -2.27. The third kappa shape index (κ3) is 2.78. The van der Waals surface area contributed by atoms with E-state index in [1.807, 2.05) is 6.07 Å². The number of carbonyl (C=O) groups is 1. The number of halogens is 1. The Morgan fingerprint density at radius 2 is 2.16 bits per heavy atom. The minimum absolute atomic E-state index is 0.154. The Morgan fingerprint density at radius 1 is 1.42 bits per heavy atom. The quantitative estimate of drug-likeness (QED) is 0.902. The molecule has 0 saturated carbocycles. The Labute approximate surface area is 112 Å². The summed E-state index contributed by atoms with van der Waals surface area (Å²) in [4.78, 5) is 12.1. The van der Waals surface area contributed by atoms with Gasteiger partial charge in [-0.1, -0.05) is 19.9 Å². The summed E-state index contributed by atoms with van der Waals surface area (Å²) < 4.78 is 15.4. The van der Waals surface area contributed by atoms with Crippen LogP contribution in [0, 0.1) is 11.7 Å². The number of hydrogen-bond acceptors (Lipinski definition) is 1. The fourth-order valence-electron chi connectivity index (χ4n) is 2.11. The van der Waals surface area contributed by atoms with Crippen LogP contribution in [0.15, 0.2) is 24.3 Å². The summed E-state index contributed by atoms with van der Waals surface area (Å²) in [5, 5.41) is 3.35. The van der Waals surface area contributed by atoms with Crippen molar-refractivity contribution in [1.29, 1.82) is 0 Å². The molecule has 19 heavy (non-hydrogen) atoms. The van der Waals surface area contributed by atoms with Gasteiger partial charge in [0.15, 0.2) is 0 Å². The zero-order valence-electron chi connectivity index (χ0n) is 11.5. The monoisotopic (exact) mass is 262 g/mol. The zero-order chi connectivity index (χ0) is 14.0. The number of nitrogens with zero attached hydrogens (tertiary/aromatic N) is 1. The number of carbonyl (C=O) groups excluding carboxylic acids is 1. The molecule has 0 unspecified atom stereocenters. The van der Waals surface area contributed by atoms with E-state index in [1.165, 1.54) is 6.07 Å². The predicted molar refractivity (Wildman–Crippen MR) is 74.7 cm³/mol. The van der Waals surface area contributed by atoms with Crippen LogP contribution in [0.3, 0.4) is 0 Å². The van der Waals surface area contributed by atoms with Crippen molar-refractivity contribution in [2.45, 2.75) is 20.3 Å². The van der Waals surface area contributed by atoms with Gasteiger partial charge >= 0.3 is 0 Å². The van der Waals surface area contributed by atoms with Gasteiger partial charge in [-0.25, -0.2) is 4.39 Å². The van der Waals surface area contributed by atoms with Gasteiger partial charge in [0, 0.05) is 19.0 Å². The van der Waals surface area contributed by atoms with E-state index in [4.69, 9.17) is 0 Å². The van der Waals surface area contributed by atoms with E-state index in [0.717, 1.165) is 11.9 Å². The summed E-state index contributed by atoms with van der Waals surface area (Å²) in [5.41, 5.74) is 1.22. The minimum Gasteiger partial charge on any atom is -0.351 e. The lowest BCUT2D eigenvalue weighted by molar-refractivity contribution is 0.0944. The zero-order valence-corrected chi connectivity index (χ0v) is 11.5. The number of aromatic nitrogens is 1. The van der Waals surface area contributed by atoms with Gasteiger partial charge in [-0.2, -0.15) is 0 Å². The molecule has 4 heteroatoms. The van der Waals surface area contributed by atoms with Crippen LogP contribution in [0.4, 0.5) is 4.39 Å². The number of nitrogens with one attached hydrogen (secondary N) is 1. The summed E-state index contributed by atoms with van der Waals surface area (Å²) in [6, 6.07) is 6.47. The maximum absolute atomic E-state index is 13.7. The highest BCUT2D eigenvalue weighted by Crippen LogP contribution is 2.21. The van der Waals surface area contributed by atoms with Crippen molar-refractivity contribution in [2.75, 3.05) is 6.54 Å². The lowest BCUT2D eigenvalue weighted by Gasteiger charge is -2.08. The molecule has 0 spiro atoms. The third-order valence-electron chi connectivity index (χ3n) is 3.27. The van der Waals surface area contributed by atoms with E-state index in [0.29, 0.717) is 23.5 Å². The number of fused-ring (bicyclic) bond motifs is 1. The standard InChI is InChI=1S/C15H19FN2O/c1-10(2)7-8-17-15(19)14-9-11-12(16)5-4-6-13(11)18(14)3/h4-6,9-10H,7-8H2,1-3H3,(H,17,19). The first-order chi connectivity index (χ1) is 9.00. The molecule has 0 aliphatic carbocycles. The van der Waals surface area contributed by atoms with Crippen LogP contribution >= 0.6 is 0 Å². The smallest absolute Gasteiger partial charge is 0.267 e. The molecule has 0 atom stereocenters. The largest absolute Gasteiger partial charge is 0.351 e. The number of amides is 1. The van der Waals surface area contributed by atoms with Crippen LogP contribution in [0.2, 0.25) is 0 Å². The van der Waals surface area contributed by atoms with Crippen molar-refractivity contribution in [1.82, 2.24) is 9.88 Å². The highest BCUT2D eigenvalue weighted by atomic mass is 19.1. The van der Waals surface area contributed by atoms with Crippen molar-refractivity contribution < 1.29 is 9.18 Å². The van der Waals surface area contributed by atoms with Crippen molar-refractivity contribution >= 4 is 16.8 Å². The van der Waals surface area contributed by atoms with Crippen LogP contribution in [0.1, 0.15) is 30.8 Å². The first-order valence-electron chi connectivity index (χ1n) is 6.53. The molecule has 0 aliphatic heterocycles. The summed E-state index contributed by atoms with van der Waals surface area (Å²) in [6.45, 7) is 4.86. The molecule has 2 rings (SSSR count). The molecule has 0 radical (unpaired) electrons. The molecule has 1 aromatic heterocycles. The number of benzene rings is 1. The van der Waals surface area contributed by atoms with Crippen LogP contribution < -0.4 is 5.32 Å². The average molecular weight is 262 g/mol. The van der Waals surface area contributed by atoms with Gasteiger partial charge in [0.05, 0.1) is 5.52 Å². The second-order valence-corrected chi connectivity index (χ2v) is 5.20. The van der Waals surface area contributed by atoms with Gasteiger partial charge in [0.25, 0.3) is 5.91 Å². The SMILES string of the molecule is CC(C)CCNC(=O)c1cc2c(F)cccc2n1C. The van der Waals surface area contributed by atoms with Gasteiger partial charge in [-0.3, -0.25) is 4.79 Å². The lowest BCUT2D eigenvalue weighted by atomic mass is 10.1. The second-order valence-electron chi connectivity index (χ2n) is 5.20. The summed E-state index contributed by atoms with van der Waals surface area (Å²) >= 11 is 0. The normalized spacial score (nSPS) is 11.2. The molecule has 2 aromatic rings. The Hall–Kier alpha value is -1.84. The minimum atomic E-state index is -0.297. The van der Waals surface area contributed by atoms with Gasteiger partial charge in [-0.05, 0) is 30.5 Å². The first kappa shape index (κ1) is 13.6. The van der Waals surface area contributed by atoms with Crippen LogP contribution in [0.5, 0.6) is 0 Å². The number of aryl methyl sites for hydroxylation is 1. The Bertz CT molecular complexity index is 601. The fourth-order valence-corrected chi connectivity index (χ4v) is 2.11. The van der Waals surface area contributed by atoms with E-state index >= 15 is 0 Å². The van der Waals surface area contributed by atoms with E-state index in [-0.39, 0.29) is 11.7 Å². The molecule has 1 N–H and O–H groups in total. The molecule has 0 saturated heterocycles. The molecule has 0 bridgehead atoms. The molecule has 1 heterocycles. The third-order valence-corrected chi connectivity index (χ3v) is 3.27. The first-order valence-corrected chi connectivity index (χ1v) is 6.53. The Kier molecular flexibility index (Phi) is 3.88. The molecule has 0 fully saturated rings. The van der Waals surface area contributed by atoms with Crippen molar-refractivity contribution in [3.8, 4) is 0 Å². The topological polar surface area (TPSA) is 34.0 Å². The maximum Gasteiger partial charge on any atom is 0.267 e. The number of rotatable bonds is 4. The molecule has 1 aromatic carbocycles. The van der Waals surface area contributed by atoms with E-state index in [2.05, 4.69) is 19.2 Å². The summed E-state index contributed by atoms with van der Waals surface area (Å²) in [6.07, 6.45) is 0.935. The van der Waals surface area contributed by atoms with Gasteiger partial charge in [0.1, 0.15) is 11.5 Å². The van der Waals surface area contributed by atoms with Gasteiger partial charge in [0.2, 0.25) is 0 Å². The summed E-state index contributed by atoms with van der Waals surface area (Å²) in [7, 11) is 1.78. The van der Waals surface area contributed by atoms with Crippen molar-refractivity contribution in [3.05, 3.63) is 35.8 Å². The maximum atomic E-state index is 13.7. The van der Waals surface area contributed by atoms with E-state index in [9.17, 15) is 9.18 Å².